The van der Waals surface area contributed by atoms with Crippen LogP contribution in [0.4, 0.5) is 0 Å². The predicted molar refractivity (Wildman–Crippen MR) is 68.0 cm³/mol. The molecule has 0 spiro atoms. The van der Waals surface area contributed by atoms with Gasteiger partial charge in [0, 0.05) is 6.54 Å². The first-order valence-electron chi connectivity index (χ1n) is 6.71. The molecule has 1 aliphatic heterocycles. The molecule has 15 heavy (non-hydrogen) atoms. The van der Waals surface area contributed by atoms with E-state index in [1.54, 1.807) is 0 Å². The van der Waals surface area contributed by atoms with Crippen LogP contribution in [0.3, 0.4) is 0 Å². The van der Waals surface area contributed by atoms with Gasteiger partial charge in [-0.3, -0.25) is 0 Å². The molecule has 0 radical (unpaired) electrons. The SMILES string of the molecule is CCC(CC)C1CNCC(C)(C)CC1C. The second-order valence-electron chi connectivity index (χ2n) is 6.22. The summed E-state index contributed by atoms with van der Waals surface area (Å²) < 4.78 is 0. The zero-order valence-electron chi connectivity index (χ0n) is 11.3. The van der Waals surface area contributed by atoms with Crippen molar-refractivity contribution in [2.75, 3.05) is 13.1 Å². The van der Waals surface area contributed by atoms with E-state index in [9.17, 15) is 0 Å². The van der Waals surface area contributed by atoms with E-state index in [2.05, 4.69) is 39.9 Å². The number of hydrogen-bond acceptors (Lipinski definition) is 1. The molecule has 0 aromatic heterocycles. The van der Waals surface area contributed by atoms with Gasteiger partial charge in [0.15, 0.2) is 0 Å². The highest BCUT2D eigenvalue weighted by molar-refractivity contribution is 4.85. The second kappa shape index (κ2) is 5.34. The topological polar surface area (TPSA) is 12.0 Å². The van der Waals surface area contributed by atoms with Gasteiger partial charge in [-0.15, -0.1) is 0 Å². The van der Waals surface area contributed by atoms with Gasteiger partial charge in [-0.1, -0.05) is 47.5 Å². The van der Waals surface area contributed by atoms with Crippen molar-refractivity contribution in [1.29, 1.82) is 0 Å². The Morgan fingerprint density at radius 2 is 1.87 bits per heavy atom. The molecule has 0 aliphatic carbocycles. The third-order valence-electron chi connectivity index (χ3n) is 4.24. The minimum atomic E-state index is 0.486. The second-order valence-corrected chi connectivity index (χ2v) is 6.22. The molecule has 1 heteroatoms. The normalized spacial score (nSPS) is 31.6. The third-order valence-corrected chi connectivity index (χ3v) is 4.24. The molecular weight excluding hydrogens is 182 g/mol. The van der Waals surface area contributed by atoms with Crippen LogP contribution in [-0.2, 0) is 0 Å². The Morgan fingerprint density at radius 1 is 1.27 bits per heavy atom. The van der Waals surface area contributed by atoms with E-state index in [1.165, 1.54) is 32.4 Å². The maximum Gasteiger partial charge on any atom is 0.000274 e. The quantitative estimate of drug-likeness (QED) is 0.750. The summed E-state index contributed by atoms with van der Waals surface area (Å²) in [6, 6.07) is 0. The lowest BCUT2D eigenvalue weighted by molar-refractivity contribution is 0.199. The van der Waals surface area contributed by atoms with Crippen LogP contribution in [0.25, 0.3) is 0 Å². The van der Waals surface area contributed by atoms with E-state index in [4.69, 9.17) is 0 Å². The Balaban J connectivity index is 2.66. The molecule has 1 rings (SSSR count). The van der Waals surface area contributed by atoms with Gasteiger partial charge in [0.05, 0.1) is 0 Å². The Bertz CT molecular complexity index is 182. The van der Waals surface area contributed by atoms with Crippen LogP contribution in [-0.4, -0.2) is 13.1 Å². The van der Waals surface area contributed by atoms with Crippen molar-refractivity contribution in [3.05, 3.63) is 0 Å². The summed E-state index contributed by atoms with van der Waals surface area (Å²) in [7, 11) is 0. The van der Waals surface area contributed by atoms with Gasteiger partial charge < -0.3 is 5.32 Å². The summed E-state index contributed by atoms with van der Waals surface area (Å²) in [6.45, 7) is 14.4. The van der Waals surface area contributed by atoms with Crippen molar-refractivity contribution >= 4 is 0 Å². The molecule has 0 saturated carbocycles. The predicted octanol–water partition coefficient (Wildman–Crippen LogP) is 3.69. The van der Waals surface area contributed by atoms with Crippen molar-refractivity contribution < 1.29 is 0 Å². The average Bonchev–Trinajstić information content (AvgIpc) is 2.27. The fraction of sp³-hybridized carbons (Fsp3) is 1.00. The van der Waals surface area contributed by atoms with Gasteiger partial charge in [0.25, 0.3) is 0 Å². The fourth-order valence-electron chi connectivity index (χ4n) is 3.40. The highest BCUT2D eigenvalue weighted by atomic mass is 14.9. The van der Waals surface area contributed by atoms with Crippen molar-refractivity contribution in [1.82, 2.24) is 5.32 Å². The molecule has 2 unspecified atom stereocenters. The standard InChI is InChI=1S/C14H29N/c1-6-12(7-2)13-9-15-10-14(4,5)8-11(13)3/h11-13,15H,6-10H2,1-5H3. The van der Waals surface area contributed by atoms with Crippen molar-refractivity contribution in [2.24, 2.45) is 23.2 Å². The maximum absolute atomic E-state index is 3.67. The summed E-state index contributed by atoms with van der Waals surface area (Å²) in [5.74, 6) is 2.68. The van der Waals surface area contributed by atoms with E-state index in [1.807, 2.05) is 0 Å². The van der Waals surface area contributed by atoms with Crippen LogP contribution in [0.15, 0.2) is 0 Å². The Labute approximate surface area is 96.0 Å². The molecule has 90 valence electrons. The number of hydrogen-bond donors (Lipinski definition) is 1. The van der Waals surface area contributed by atoms with Crippen LogP contribution in [0.1, 0.15) is 53.9 Å². The van der Waals surface area contributed by atoms with Crippen LogP contribution < -0.4 is 5.32 Å². The first kappa shape index (κ1) is 13.0. The summed E-state index contributed by atoms with van der Waals surface area (Å²) in [5.41, 5.74) is 0.486. The van der Waals surface area contributed by atoms with Crippen LogP contribution in [0.5, 0.6) is 0 Å². The molecule has 1 nitrogen and oxygen atoms in total. The van der Waals surface area contributed by atoms with Crippen molar-refractivity contribution in [2.45, 2.75) is 53.9 Å². The lowest BCUT2D eigenvalue weighted by atomic mass is 9.74. The van der Waals surface area contributed by atoms with Crippen molar-refractivity contribution in [3.8, 4) is 0 Å². The molecule has 0 aromatic rings. The van der Waals surface area contributed by atoms with E-state index in [0.29, 0.717) is 5.41 Å². The lowest BCUT2D eigenvalue weighted by Crippen LogP contribution is -2.30. The first-order chi connectivity index (χ1) is 7.00. The molecule has 0 aromatic carbocycles. The van der Waals surface area contributed by atoms with E-state index in [0.717, 1.165) is 17.8 Å². The summed E-state index contributed by atoms with van der Waals surface area (Å²) in [5, 5.41) is 3.67. The average molecular weight is 211 g/mol. The minimum Gasteiger partial charge on any atom is -0.316 e. The molecule has 0 amide bonds. The lowest BCUT2D eigenvalue weighted by Gasteiger charge is -2.31. The van der Waals surface area contributed by atoms with Gasteiger partial charge in [-0.25, -0.2) is 0 Å². The summed E-state index contributed by atoms with van der Waals surface area (Å²) in [4.78, 5) is 0. The Morgan fingerprint density at radius 3 is 2.40 bits per heavy atom. The zero-order chi connectivity index (χ0) is 11.5. The largest absolute Gasteiger partial charge is 0.316 e. The summed E-state index contributed by atoms with van der Waals surface area (Å²) >= 11 is 0. The van der Waals surface area contributed by atoms with Crippen LogP contribution in [0, 0.1) is 23.2 Å². The summed E-state index contributed by atoms with van der Waals surface area (Å²) in [6.07, 6.45) is 4.06. The zero-order valence-corrected chi connectivity index (χ0v) is 11.3. The van der Waals surface area contributed by atoms with E-state index >= 15 is 0 Å². The molecule has 1 fully saturated rings. The molecule has 0 bridgehead atoms. The Hall–Kier alpha value is -0.0400. The molecule has 1 heterocycles. The molecule has 1 N–H and O–H groups in total. The molecule has 2 atom stereocenters. The van der Waals surface area contributed by atoms with Gasteiger partial charge in [0.2, 0.25) is 0 Å². The first-order valence-corrected chi connectivity index (χ1v) is 6.71. The smallest absolute Gasteiger partial charge is 0.000274 e. The monoisotopic (exact) mass is 211 g/mol. The van der Waals surface area contributed by atoms with E-state index < -0.39 is 0 Å². The highest BCUT2D eigenvalue weighted by Gasteiger charge is 2.32. The van der Waals surface area contributed by atoms with Gasteiger partial charge >= 0.3 is 0 Å². The highest BCUT2D eigenvalue weighted by Crippen LogP contribution is 2.36. The fourth-order valence-corrected chi connectivity index (χ4v) is 3.40. The van der Waals surface area contributed by atoms with E-state index in [-0.39, 0.29) is 0 Å². The maximum atomic E-state index is 3.67. The van der Waals surface area contributed by atoms with Crippen LogP contribution in [0.2, 0.25) is 0 Å². The minimum absolute atomic E-state index is 0.486. The van der Waals surface area contributed by atoms with Gasteiger partial charge in [-0.05, 0) is 36.1 Å². The van der Waals surface area contributed by atoms with Gasteiger partial charge in [0.1, 0.15) is 0 Å². The number of rotatable bonds is 3. The molecular formula is C14H29N. The van der Waals surface area contributed by atoms with Crippen LogP contribution >= 0.6 is 0 Å². The molecule has 1 aliphatic rings. The molecule has 1 saturated heterocycles. The van der Waals surface area contributed by atoms with Gasteiger partial charge in [-0.2, -0.15) is 0 Å². The Kier molecular flexibility index (Phi) is 4.64. The van der Waals surface area contributed by atoms with Crippen molar-refractivity contribution in [3.63, 3.8) is 0 Å². The number of nitrogens with one attached hydrogen (secondary N) is 1. The third kappa shape index (κ3) is 3.48.